The maximum atomic E-state index is 12.4. The Morgan fingerprint density at radius 3 is 2.56 bits per heavy atom. The third-order valence-corrected chi connectivity index (χ3v) is 4.21. The third kappa shape index (κ3) is 6.97. The van der Waals surface area contributed by atoms with Crippen molar-refractivity contribution in [2.45, 2.75) is 50.8 Å². The van der Waals surface area contributed by atoms with Gasteiger partial charge in [0.15, 0.2) is 6.29 Å². The van der Waals surface area contributed by atoms with Gasteiger partial charge in [0.1, 0.15) is 18.3 Å². The minimum absolute atomic E-state index is 0.111. The zero-order valence-electron chi connectivity index (χ0n) is 16.2. The van der Waals surface area contributed by atoms with Crippen LogP contribution in [0.25, 0.3) is 0 Å². The van der Waals surface area contributed by atoms with E-state index >= 15 is 0 Å². The molecule has 1 amide bonds. The lowest BCUT2D eigenvalue weighted by molar-refractivity contribution is -0.160. The molecule has 2 aliphatic rings. The number of amides is 1. The highest BCUT2D eigenvalue weighted by molar-refractivity contribution is 5.81. The number of hydrogen-bond donors (Lipinski definition) is 0. The predicted molar refractivity (Wildman–Crippen MR) is 96.7 cm³/mol. The number of ether oxygens (including phenoxy) is 5. The highest BCUT2D eigenvalue weighted by atomic mass is 16.7. The lowest BCUT2D eigenvalue weighted by Gasteiger charge is -2.32. The molecular formula is C19H29NO7. The van der Waals surface area contributed by atoms with E-state index in [-0.39, 0.29) is 5.91 Å². The van der Waals surface area contributed by atoms with Crippen LogP contribution in [0, 0.1) is 0 Å². The fourth-order valence-electron chi connectivity index (χ4n) is 2.87. The molecule has 0 aromatic heterocycles. The molecule has 0 radical (unpaired) electrons. The maximum absolute atomic E-state index is 12.4. The topological polar surface area (TPSA) is 83.5 Å². The Kier molecular flexibility index (Phi) is 8.77. The van der Waals surface area contributed by atoms with Gasteiger partial charge in [0, 0.05) is 33.4 Å². The molecule has 0 bridgehead atoms. The van der Waals surface area contributed by atoms with Gasteiger partial charge < -0.3 is 28.6 Å². The highest BCUT2D eigenvalue weighted by Crippen LogP contribution is 2.24. The molecule has 27 heavy (non-hydrogen) atoms. The Morgan fingerprint density at radius 1 is 1.19 bits per heavy atom. The van der Waals surface area contributed by atoms with Gasteiger partial charge in [-0.25, -0.2) is 4.79 Å². The van der Waals surface area contributed by atoms with E-state index in [4.69, 9.17) is 23.7 Å². The van der Waals surface area contributed by atoms with E-state index in [2.05, 4.69) is 0 Å². The van der Waals surface area contributed by atoms with E-state index in [9.17, 15) is 9.59 Å². The van der Waals surface area contributed by atoms with Gasteiger partial charge in [-0.05, 0) is 6.92 Å². The van der Waals surface area contributed by atoms with Crippen molar-refractivity contribution in [2.75, 3.05) is 33.9 Å². The summed E-state index contributed by atoms with van der Waals surface area (Å²) in [5.41, 5.74) is 0. The van der Waals surface area contributed by atoms with Crippen LogP contribution in [-0.2, 0) is 33.3 Å². The molecule has 0 aromatic carbocycles. The van der Waals surface area contributed by atoms with Crippen LogP contribution in [-0.4, -0.2) is 75.3 Å². The van der Waals surface area contributed by atoms with Gasteiger partial charge in [0.05, 0.1) is 32.2 Å². The van der Waals surface area contributed by atoms with Crippen LogP contribution < -0.4 is 0 Å². The first-order chi connectivity index (χ1) is 13.0. The minimum atomic E-state index is -0.608. The van der Waals surface area contributed by atoms with E-state index in [0.29, 0.717) is 39.1 Å². The Balaban J connectivity index is 2.09. The summed E-state index contributed by atoms with van der Waals surface area (Å²) in [6, 6.07) is 0. The molecule has 0 N–H and O–H groups in total. The third-order valence-electron chi connectivity index (χ3n) is 4.21. The van der Waals surface area contributed by atoms with Crippen LogP contribution >= 0.6 is 0 Å². The summed E-state index contributed by atoms with van der Waals surface area (Å²) in [6.45, 7) is 3.10. The Labute approximate surface area is 160 Å². The van der Waals surface area contributed by atoms with Crippen molar-refractivity contribution in [1.82, 2.24) is 4.90 Å². The maximum Gasteiger partial charge on any atom is 0.333 e. The van der Waals surface area contributed by atoms with Gasteiger partial charge in [-0.2, -0.15) is 0 Å². The monoisotopic (exact) mass is 383 g/mol. The molecule has 2 aliphatic heterocycles. The Morgan fingerprint density at radius 2 is 1.89 bits per heavy atom. The lowest BCUT2D eigenvalue weighted by atomic mass is 10.0. The molecule has 1 saturated heterocycles. The number of carbonyl (C=O) groups is 2. The molecule has 0 aliphatic carbocycles. The van der Waals surface area contributed by atoms with E-state index in [1.807, 2.05) is 12.2 Å². The summed E-state index contributed by atoms with van der Waals surface area (Å²) in [6.07, 6.45) is 6.10. The van der Waals surface area contributed by atoms with Crippen molar-refractivity contribution in [2.24, 2.45) is 0 Å². The predicted octanol–water partition coefficient (Wildman–Crippen LogP) is 1.40. The van der Waals surface area contributed by atoms with Crippen LogP contribution in [0.5, 0.6) is 0 Å². The fraction of sp³-hybridized carbons (Fsp3) is 0.684. The fourth-order valence-corrected chi connectivity index (χ4v) is 2.87. The first kappa shape index (κ1) is 21.4. The van der Waals surface area contributed by atoms with E-state index in [0.717, 1.165) is 0 Å². The van der Waals surface area contributed by atoms with E-state index in [1.54, 1.807) is 21.0 Å². The van der Waals surface area contributed by atoms with Gasteiger partial charge in [-0.3, -0.25) is 4.79 Å². The van der Waals surface area contributed by atoms with Crippen LogP contribution in [0.2, 0.25) is 0 Å². The van der Waals surface area contributed by atoms with E-state index in [1.165, 1.54) is 17.2 Å². The molecule has 0 aromatic rings. The van der Waals surface area contributed by atoms with Gasteiger partial charge in [-0.15, -0.1) is 0 Å². The second-order valence-corrected chi connectivity index (χ2v) is 6.47. The first-order valence-corrected chi connectivity index (χ1v) is 9.24. The number of esters is 1. The van der Waals surface area contributed by atoms with Gasteiger partial charge in [0.25, 0.3) is 5.91 Å². The standard InChI is InChI=1S/C19H29NO7/c1-4-23-17(21)9-10-24-14-7-5-6-8-15(19(22)20(2)3)27-16(14)13-18-25-11-12-26-18/h5-6,9-10,14-16,18H,4,7-8,11-13H2,1-3H3/b6-5-,10-9+/t14-,15+,16-/m0/s1. The van der Waals surface area contributed by atoms with Crippen molar-refractivity contribution in [3.05, 3.63) is 24.5 Å². The molecule has 0 saturated carbocycles. The van der Waals surface area contributed by atoms with Crippen LogP contribution in [0.3, 0.4) is 0 Å². The van der Waals surface area contributed by atoms with Gasteiger partial charge in [-0.1, -0.05) is 12.2 Å². The van der Waals surface area contributed by atoms with Crippen LogP contribution in [0.1, 0.15) is 26.2 Å². The second kappa shape index (κ2) is 11.1. The zero-order chi connectivity index (χ0) is 19.6. The average molecular weight is 383 g/mol. The number of carbonyl (C=O) groups excluding carboxylic acids is 2. The van der Waals surface area contributed by atoms with Crippen LogP contribution in [0.4, 0.5) is 0 Å². The molecule has 2 heterocycles. The summed E-state index contributed by atoms with van der Waals surface area (Å²) in [5, 5.41) is 0. The van der Waals surface area contributed by atoms with Crippen molar-refractivity contribution < 1.29 is 33.3 Å². The Hall–Kier alpha value is -1.90. The number of nitrogens with zero attached hydrogens (tertiary/aromatic N) is 1. The quantitative estimate of drug-likeness (QED) is 0.284. The number of rotatable bonds is 7. The molecule has 1 fully saturated rings. The minimum Gasteiger partial charge on any atom is -0.495 e. The largest absolute Gasteiger partial charge is 0.495 e. The first-order valence-electron chi connectivity index (χ1n) is 9.24. The normalized spacial score (nSPS) is 27.7. The average Bonchev–Trinajstić information content (AvgIpc) is 3.12. The summed E-state index contributed by atoms with van der Waals surface area (Å²) >= 11 is 0. The van der Waals surface area contributed by atoms with Crippen molar-refractivity contribution in [3.8, 4) is 0 Å². The molecule has 8 heteroatoms. The molecule has 2 rings (SSSR count). The molecular weight excluding hydrogens is 354 g/mol. The molecule has 8 nitrogen and oxygen atoms in total. The number of hydrogen-bond acceptors (Lipinski definition) is 7. The van der Waals surface area contributed by atoms with Crippen molar-refractivity contribution in [3.63, 3.8) is 0 Å². The summed E-state index contributed by atoms with van der Waals surface area (Å²) < 4.78 is 27.8. The van der Waals surface area contributed by atoms with Crippen LogP contribution in [0.15, 0.2) is 24.5 Å². The molecule has 0 unspecified atom stereocenters. The van der Waals surface area contributed by atoms with Crippen molar-refractivity contribution in [1.29, 1.82) is 0 Å². The summed E-state index contributed by atoms with van der Waals surface area (Å²) in [7, 11) is 3.39. The second-order valence-electron chi connectivity index (χ2n) is 6.47. The molecule has 152 valence electrons. The molecule has 3 atom stereocenters. The van der Waals surface area contributed by atoms with E-state index < -0.39 is 30.6 Å². The molecule has 0 spiro atoms. The number of likely N-dealkylation sites (N-methyl/N-ethyl adjacent to an activating group) is 1. The summed E-state index contributed by atoms with van der Waals surface area (Å²) in [5.74, 6) is -0.583. The smallest absolute Gasteiger partial charge is 0.333 e. The lowest BCUT2D eigenvalue weighted by Crippen LogP contribution is -2.43. The highest BCUT2D eigenvalue weighted by Gasteiger charge is 2.34. The Bertz CT molecular complexity index is 540. The summed E-state index contributed by atoms with van der Waals surface area (Å²) in [4.78, 5) is 25.4. The zero-order valence-corrected chi connectivity index (χ0v) is 16.2. The SMILES string of the molecule is CCOC(=O)/C=C/O[C@H]1C/C=C\C[C@H](C(=O)N(C)C)O[C@H]1CC1OCCO1. The van der Waals surface area contributed by atoms with Crippen molar-refractivity contribution >= 4 is 11.9 Å². The van der Waals surface area contributed by atoms with Gasteiger partial charge >= 0.3 is 5.97 Å². The van der Waals surface area contributed by atoms with Gasteiger partial charge in [0.2, 0.25) is 0 Å².